The number of hydrogen-bond donors (Lipinski definition) is 1. The third-order valence-corrected chi connectivity index (χ3v) is 3.76. The van der Waals surface area contributed by atoms with Gasteiger partial charge in [-0.1, -0.05) is 42.5 Å². The number of carboxylic acids is 1. The number of hydrogen-bond acceptors (Lipinski definition) is 3. The van der Waals surface area contributed by atoms with E-state index in [2.05, 4.69) is 5.32 Å². The molecule has 0 saturated carbocycles. The molecule has 120 valence electrons. The van der Waals surface area contributed by atoms with Gasteiger partial charge in [0, 0.05) is 24.0 Å². The van der Waals surface area contributed by atoms with Gasteiger partial charge in [-0.25, -0.2) is 0 Å². The number of aryl methyl sites for hydroxylation is 2. The first-order valence-electron chi connectivity index (χ1n) is 7.57. The number of carbonyl (C=O) groups excluding carboxylic acids is 2. The second-order valence-corrected chi connectivity index (χ2v) is 5.78. The summed E-state index contributed by atoms with van der Waals surface area (Å²) in [5.74, 6) is -2.36. The molecule has 0 fully saturated rings. The van der Waals surface area contributed by atoms with Gasteiger partial charge in [0.25, 0.3) is 0 Å². The van der Waals surface area contributed by atoms with Crippen molar-refractivity contribution in [3.8, 4) is 0 Å². The van der Waals surface area contributed by atoms with Gasteiger partial charge in [0.15, 0.2) is 0 Å². The van der Waals surface area contributed by atoms with Gasteiger partial charge in [0.2, 0.25) is 5.91 Å². The molecule has 0 unspecified atom stereocenters. The molecule has 0 aliphatic rings. The zero-order valence-electron chi connectivity index (χ0n) is 13.3. The van der Waals surface area contributed by atoms with Gasteiger partial charge >= 0.3 is 0 Å². The average molecular weight is 310 g/mol. The van der Waals surface area contributed by atoms with Crippen molar-refractivity contribution in [1.82, 2.24) is 0 Å². The first kappa shape index (κ1) is 16.7. The lowest BCUT2D eigenvalue weighted by Gasteiger charge is -2.18. The Balaban J connectivity index is 2.03. The van der Waals surface area contributed by atoms with Gasteiger partial charge in [-0.05, 0) is 43.0 Å². The highest BCUT2D eigenvalue weighted by atomic mass is 16.4. The van der Waals surface area contributed by atoms with Crippen molar-refractivity contribution < 1.29 is 14.7 Å². The average Bonchev–Trinajstić information content (AvgIpc) is 2.51. The van der Waals surface area contributed by atoms with E-state index in [4.69, 9.17) is 0 Å². The highest BCUT2D eigenvalue weighted by molar-refractivity contribution is 5.93. The molecule has 0 saturated heterocycles. The minimum absolute atomic E-state index is 0.107. The molecule has 4 heteroatoms. The molecule has 2 aromatic rings. The van der Waals surface area contributed by atoms with E-state index < -0.39 is 11.9 Å². The second-order valence-electron chi connectivity index (χ2n) is 5.78. The first-order valence-corrected chi connectivity index (χ1v) is 7.57. The Hall–Kier alpha value is -2.62. The number of nitrogens with one attached hydrogen (secondary N) is 1. The van der Waals surface area contributed by atoms with Crippen LogP contribution in [0.5, 0.6) is 0 Å². The predicted octanol–water partition coefficient (Wildman–Crippen LogP) is 2.24. The van der Waals surface area contributed by atoms with Crippen molar-refractivity contribution in [3.05, 3.63) is 65.2 Å². The van der Waals surface area contributed by atoms with Crippen LogP contribution < -0.4 is 10.4 Å². The number of benzene rings is 2. The van der Waals surface area contributed by atoms with E-state index in [1.807, 2.05) is 62.4 Å². The highest BCUT2D eigenvalue weighted by Gasteiger charge is 2.16. The number of aliphatic carboxylic acids is 1. The summed E-state index contributed by atoms with van der Waals surface area (Å²) in [7, 11) is 0. The topological polar surface area (TPSA) is 69.2 Å². The van der Waals surface area contributed by atoms with Crippen LogP contribution in [0.3, 0.4) is 0 Å². The molecular formula is C19H20NO3-. The summed E-state index contributed by atoms with van der Waals surface area (Å²) in [6.07, 6.45) is 0.175. The van der Waals surface area contributed by atoms with Crippen molar-refractivity contribution >= 4 is 17.6 Å². The zero-order valence-corrected chi connectivity index (χ0v) is 13.3. The van der Waals surface area contributed by atoms with E-state index in [0.717, 1.165) is 16.7 Å². The van der Waals surface area contributed by atoms with Gasteiger partial charge in [0.1, 0.15) is 0 Å². The quantitative estimate of drug-likeness (QED) is 0.889. The maximum absolute atomic E-state index is 12.2. The number of carbonyl (C=O) groups is 2. The third-order valence-electron chi connectivity index (χ3n) is 3.76. The Bertz CT molecular complexity index is 695. The van der Waals surface area contributed by atoms with Crippen LogP contribution in [0.25, 0.3) is 0 Å². The van der Waals surface area contributed by atoms with Crippen molar-refractivity contribution in [2.45, 2.75) is 26.7 Å². The smallest absolute Gasteiger partial charge is 0.225 e. The van der Waals surface area contributed by atoms with Gasteiger partial charge in [-0.15, -0.1) is 0 Å². The Labute approximate surface area is 136 Å². The fourth-order valence-electron chi connectivity index (χ4n) is 2.43. The van der Waals surface area contributed by atoms with Gasteiger partial charge in [-0.3, -0.25) is 4.79 Å². The Morgan fingerprint density at radius 1 is 1.09 bits per heavy atom. The lowest BCUT2D eigenvalue weighted by molar-refractivity contribution is -0.311. The summed E-state index contributed by atoms with van der Waals surface area (Å²) in [5.41, 5.74) is 3.57. The summed E-state index contributed by atoms with van der Waals surface area (Å²) in [6.45, 7) is 3.84. The molecule has 0 heterocycles. The number of amides is 1. The summed E-state index contributed by atoms with van der Waals surface area (Å²) in [5, 5.41) is 14.1. The maximum Gasteiger partial charge on any atom is 0.225 e. The van der Waals surface area contributed by atoms with E-state index in [1.165, 1.54) is 0 Å². The lowest BCUT2D eigenvalue weighted by Crippen LogP contribution is -2.35. The monoisotopic (exact) mass is 310 g/mol. The fourth-order valence-corrected chi connectivity index (χ4v) is 2.43. The molecule has 0 aromatic heterocycles. The molecule has 1 atom stereocenters. The van der Waals surface area contributed by atoms with Gasteiger partial charge in [-0.2, -0.15) is 0 Å². The molecule has 0 aliphatic carbocycles. The normalized spacial score (nSPS) is 11.7. The molecule has 2 rings (SSSR count). The van der Waals surface area contributed by atoms with Gasteiger partial charge in [0.05, 0.1) is 0 Å². The van der Waals surface area contributed by atoms with Crippen LogP contribution in [0, 0.1) is 19.8 Å². The van der Waals surface area contributed by atoms with Crippen LogP contribution in [0.2, 0.25) is 0 Å². The first-order chi connectivity index (χ1) is 11.0. The molecule has 2 aromatic carbocycles. The largest absolute Gasteiger partial charge is 0.550 e. The minimum Gasteiger partial charge on any atom is -0.550 e. The molecule has 23 heavy (non-hydrogen) atoms. The van der Waals surface area contributed by atoms with Crippen molar-refractivity contribution in [1.29, 1.82) is 0 Å². The third kappa shape index (κ3) is 4.95. The molecule has 0 radical (unpaired) electrons. The Kier molecular flexibility index (Phi) is 5.52. The summed E-state index contributed by atoms with van der Waals surface area (Å²) < 4.78 is 0. The van der Waals surface area contributed by atoms with E-state index in [-0.39, 0.29) is 18.7 Å². The van der Waals surface area contributed by atoms with E-state index in [0.29, 0.717) is 5.69 Å². The van der Waals surface area contributed by atoms with Crippen LogP contribution in [0.4, 0.5) is 5.69 Å². The second kappa shape index (κ2) is 7.58. The lowest BCUT2D eigenvalue weighted by atomic mass is 9.96. The highest BCUT2D eigenvalue weighted by Crippen LogP contribution is 2.18. The summed E-state index contributed by atoms with van der Waals surface area (Å²) in [4.78, 5) is 23.5. The molecule has 0 bridgehead atoms. The summed E-state index contributed by atoms with van der Waals surface area (Å²) >= 11 is 0. The molecular weight excluding hydrogens is 290 g/mol. The Morgan fingerprint density at radius 3 is 2.43 bits per heavy atom. The van der Waals surface area contributed by atoms with Crippen LogP contribution in [0.1, 0.15) is 23.1 Å². The molecule has 1 N–H and O–H groups in total. The predicted molar refractivity (Wildman–Crippen MR) is 87.8 cm³/mol. The van der Waals surface area contributed by atoms with Crippen molar-refractivity contribution in [3.63, 3.8) is 0 Å². The maximum atomic E-state index is 12.2. The molecule has 4 nitrogen and oxygen atoms in total. The van der Waals surface area contributed by atoms with Crippen LogP contribution >= 0.6 is 0 Å². The Morgan fingerprint density at radius 2 is 1.78 bits per heavy atom. The standard InChI is InChI=1S/C19H21NO3/c1-13-8-9-14(2)17(10-13)20-18(21)12-16(19(22)23)11-15-6-4-3-5-7-15/h3-10,16H,11-12H2,1-2H3,(H,20,21)(H,22,23)/p-1/t16-/m0/s1. The van der Waals surface area contributed by atoms with Crippen LogP contribution in [-0.2, 0) is 16.0 Å². The number of rotatable bonds is 6. The van der Waals surface area contributed by atoms with E-state index >= 15 is 0 Å². The molecule has 1 amide bonds. The summed E-state index contributed by atoms with van der Waals surface area (Å²) in [6, 6.07) is 15.0. The van der Waals surface area contributed by atoms with Crippen LogP contribution in [0.15, 0.2) is 48.5 Å². The van der Waals surface area contributed by atoms with Gasteiger partial charge < -0.3 is 15.2 Å². The fraction of sp³-hybridized carbons (Fsp3) is 0.263. The zero-order chi connectivity index (χ0) is 16.8. The van der Waals surface area contributed by atoms with E-state index in [9.17, 15) is 14.7 Å². The molecule has 0 spiro atoms. The number of carboxylic acid groups (broad SMARTS) is 1. The molecule has 0 aliphatic heterocycles. The SMILES string of the molecule is Cc1ccc(C)c(NC(=O)C[C@H](Cc2ccccc2)C(=O)[O-])c1. The minimum atomic E-state index is -1.20. The van der Waals surface area contributed by atoms with Crippen molar-refractivity contribution in [2.24, 2.45) is 5.92 Å². The number of anilines is 1. The van der Waals surface area contributed by atoms with Crippen molar-refractivity contribution in [2.75, 3.05) is 5.32 Å². The van der Waals surface area contributed by atoms with E-state index in [1.54, 1.807) is 0 Å². The van der Waals surface area contributed by atoms with Crippen LogP contribution in [-0.4, -0.2) is 11.9 Å².